The quantitative estimate of drug-likeness (QED) is 0.862. The van der Waals surface area contributed by atoms with Crippen molar-refractivity contribution >= 4 is 17.6 Å². The molecule has 1 heterocycles. The molecule has 3 N–H and O–H groups in total. The molecule has 0 saturated heterocycles. The molecule has 1 aromatic rings. The molecule has 0 spiro atoms. The Morgan fingerprint density at radius 3 is 2.68 bits per heavy atom. The van der Waals surface area contributed by atoms with Crippen molar-refractivity contribution in [2.75, 3.05) is 11.4 Å². The van der Waals surface area contributed by atoms with Crippen molar-refractivity contribution in [2.24, 2.45) is 5.73 Å². The van der Waals surface area contributed by atoms with Gasteiger partial charge in [-0.3, -0.25) is 4.79 Å². The summed E-state index contributed by atoms with van der Waals surface area (Å²) in [7, 11) is 0. The molecule has 0 radical (unpaired) electrons. The number of carbonyl (C=O) groups is 2. The number of nitrogens with two attached hydrogens (primary N) is 1. The third-order valence-electron chi connectivity index (χ3n) is 3.13. The summed E-state index contributed by atoms with van der Waals surface area (Å²) >= 11 is 0. The smallest absolute Gasteiger partial charge is 0.335 e. The zero-order valence-corrected chi connectivity index (χ0v) is 11.1. The lowest BCUT2D eigenvalue weighted by Crippen LogP contribution is -2.40. The van der Waals surface area contributed by atoms with Crippen LogP contribution >= 0.6 is 0 Å². The number of benzene rings is 1. The van der Waals surface area contributed by atoms with Crippen molar-refractivity contribution < 1.29 is 14.7 Å². The summed E-state index contributed by atoms with van der Waals surface area (Å²) in [5, 5.41) is 8.95. The van der Waals surface area contributed by atoms with Crippen molar-refractivity contribution in [1.29, 1.82) is 0 Å². The molecule has 102 valence electrons. The SMILES string of the molecule is CC(C)(N)CC(=O)N1CCc2cc(C(=O)O)ccc21. The summed E-state index contributed by atoms with van der Waals surface area (Å²) in [6.45, 7) is 4.22. The summed E-state index contributed by atoms with van der Waals surface area (Å²) in [6, 6.07) is 4.87. The minimum Gasteiger partial charge on any atom is -0.478 e. The lowest BCUT2D eigenvalue weighted by atomic mass is 10.0. The van der Waals surface area contributed by atoms with E-state index in [1.165, 1.54) is 6.07 Å². The first kappa shape index (κ1) is 13.5. The van der Waals surface area contributed by atoms with Crippen molar-refractivity contribution in [3.05, 3.63) is 29.3 Å². The van der Waals surface area contributed by atoms with Crippen LogP contribution in [0.4, 0.5) is 5.69 Å². The number of hydrogen-bond acceptors (Lipinski definition) is 3. The summed E-state index contributed by atoms with van der Waals surface area (Å²) in [5.41, 5.74) is 7.29. The highest BCUT2D eigenvalue weighted by atomic mass is 16.4. The topological polar surface area (TPSA) is 83.6 Å². The van der Waals surface area contributed by atoms with Gasteiger partial charge >= 0.3 is 5.97 Å². The van der Waals surface area contributed by atoms with Crippen LogP contribution in [0.5, 0.6) is 0 Å². The number of anilines is 1. The number of rotatable bonds is 3. The van der Waals surface area contributed by atoms with Gasteiger partial charge in [0.15, 0.2) is 0 Å². The van der Waals surface area contributed by atoms with E-state index in [0.29, 0.717) is 13.0 Å². The molecule has 1 amide bonds. The molecule has 0 saturated carbocycles. The van der Waals surface area contributed by atoms with Gasteiger partial charge in [0, 0.05) is 24.2 Å². The van der Waals surface area contributed by atoms with Gasteiger partial charge in [-0.25, -0.2) is 4.79 Å². The van der Waals surface area contributed by atoms with Crippen LogP contribution in [0.2, 0.25) is 0 Å². The maximum absolute atomic E-state index is 12.2. The van der Waals surface area contributed by atoms with E-state index >= 15 is 0 Å². The second-order valence-electron chi connectivity index (χ2n) is 5.61. The third-order valence-corrected chi connectivity index (χ3v) is 3.13. The zero-order chi connectivity index (χ0) is 14.2. The van der Waals surface area contributed by atoms with E-state index in [0.717, 1.165) is 11.3 Å². The summed E-state index contributed by atoms with van der Waals surface area (Å²) in [6.07, 6.45) is 0.959. The van der Waals surface area contributed by atoms with E-state index in [1.807, 2.05) is 13.8 Å². The van der Waals surface area contributed by atoms with Gasteiger partial charge in [0.2, 0.25) is 5.91 Å². The standard InChI is InChI=1S/C14H18N2O3/c1-14(2,15)8-12(17)16-6-5-9-7-10(13(18)19)3-4-11(9)16/h3-4,7H,5-6,8,15H2,1-2H3,(H,18,19). The van der Waals surface area contributed by atoms with E-state index in [9.17, 15) is 9.59 Å². The van der Waals surface area contributed by atoms with Gasteiger partial charge in [0.25, 0.3) is 0 Å². The van der Waals surface area contributed by atoms with Gasteiger partial charge in [0.05, 0.1) is 5.56 Å². The Morgan fingerprint density at radius 1 is 1.42 bits per heavy atom. The molecule has 0 aliphatic carbocycles. The van der Waals surface area contributed by atoms with Crippen LogP contribution in [0.25, 0.3) is 0 Å². The molecule has 0 atom stereocenters. The average molecular weight is 262 g/mol. The van der Waals surface area contributed by atoms with Crippen LogP contribution in [0.3, 0.4) is 0 Å². The molecule has 5 nitrogen and oxygen atoms in total. The largest absolute Gasteiger partial charge is 0.478 e. The highest BCUT2D eigenvalue weighted by Gasteiger charge is 2.28. The fraction of sp³-hybridized carbons (Fsp3) is 0.429. The molecule has 19 heavy (non-hydrogen) atoms. The number of carboxylic acid groups (broad SMARTS) is 1. The minimum atomic E-state index is -0.948. The predicted octanol–water partition coefficient (Wildman–Crippen LogP) is 1.40. The average Bonchev–Trinajstić information content (AvgIpc) is 2.68. The Labute approximate surface area is 112 Å². The second kappa shape index (κ2) is 4.66. The molecule has 0 bridgehead atoms. The first-order valence-electron chi connectivity index (χ1n) is 6.23. The van der Waals surface area contributed by atoms with Gasteiger partial charge in [-0.2, -0.15) is 0 Å². The number of amides is 1. The first-order valence-corrected chi connectivity index (χ1v) is 6.23. The monoisotopic (exact) mass is 262 g/mol. The van der Waals surface area contributed by atoms with Gasteiger partial charge in [-0.05, 0) is 44.0 Å². The Kier molecular flexibility index (Phi) is 3.32. The molecule has 0 unspecified atom stereocenters. The molecule has 2 rings (SSSR count). The van der Waals surface area contributed by atoms with Crippen LogP contribution in [-0.2, 0) is 11.2 Å². The highest BCUT2D eigenvalue weighted by molar-refractivity contribution is 5.97. The third kappa shape index (κ3) is 2.93. The molecule has 0 aromatic heterocycles. The van der Waals surface area contributed by atoms with E-state index in [-0.39, 0.29) is 17.9 Å². The van der Waals surface area contributed by atoms with Crippen LogP contribution < -0.4 is 10.6 Å². The lowest BCUT2D eigenvalue weighted by molar-refractivity contribution is -0.119. The first-order chi connectivity index (χ1) is 8.78. The fourth-order valence-corrected chi connectivity index (χ4v) is 2.28. The number of carboxylic acids is 1. The molecule has 0 fully saturated rings. The Hall–Kier alpha value is -1.88. The molecule has 1 aromatic carbocycles. The van der Waals surface area contributed by atoms with Gasteiger partial charge in [0.1, 0.15) is 0 Å². The molecule has 1 aliphatic heterocycles. The Morgan fingerprint density at radius 2 is 2.11 bits per heavy atom. The number of hydrogen-bond donors (Lipinski definition) is 2. The maximum Gasteiger partial charge on any atom is 0.335 e. The number of fused-ring (bicyclic) bond motifs is 1. The van der Waals surface area contributed by atoms with E-state index in [1.54, 1.807) is 17.0 Å². The molecular weight excluding hydrogens is 244 g/mol. The highest BCUT2D eigenvalue weighted by Crippen LogP contribution is 2.30. The number of nitrogens with zero attached hydrogens (tertiary/aromatic N) is 1. The predicted molar refractivity (Wildman–Crippen MR) is 72.3 cm³/mol. The number of aromatic carboxylic acids is 1. The van der Waals surface area contributed by atoms with Crippen molar-refractivity contribution in [3.63, 3.8) is 0 Å². The lowest BCUT2D eigenvalue weighted by Gasteiger charge is -2.23. The van der Waals surface area contributed by atoms with Crippen molar-refractivity contribution in [1.82, 2.24) is 0 Å². The van der Waals surface area contributed by atoms with Gasteiger partial charge in [-0.15, -0.1) is 0 Å². The van der Waals surface area contributed by atoms with Crippen LogP contribution in [0.1, 0.15) is 36.2 Å². The maximum atomic E-state index is 12.2. The molecule has 5 heteroatoms. The second-order valence-corrected chi connectivity index (χ2v) is 5.61. The minimum absolute atomic E-state index is 0.0191. The summed E-state index contributed by atoms with van der Waals surface area (Å²) < 4.78 is 0. The van der Waals surface area contributed by atoms with E-state index < -0.39 is 11.5 Å². The van der Waals surface area contributed by atoms with Gasteiger partial charge in [-0.1, -0.05) is 0 Å². The fourth-order valence-electron chi connectivity index (χ4n) is 2.28. The zero-order valence-electron chi connectivity index (χ0n) is 11.1. The van der Waals surface area contributed by atoms with E-state index in [2.05, 4.69) is 0 Å². The van der Waals surface area contributed by atoms with Crippen molar-refractivity contribution in [2.45, 2.75) is 32.2 Å². The summed E-state index contributed by atoms with van der Waals surface area (Å²) in [4.78, 5) is 24.8. The van der Waals surface area contributed by atoms with E-state index in [4.69, 9.17) is 10.8 Å². The Balaban J connectivity index is 2.23. The summed E-state index contributed by atoms with van der Waals surface area (Å²) in [5.74, 6) is -0.968. The van der Waals surface area contributed by atoms with Crippen LogP contribution in [0.15, 0.2) is 18.2 Å². The normalized spacial score (nSPS) is 14.4. The number of carbonyl (C=O) groups excluding carboxylic acids is 1. The van der Waals surface area contributed by atoms with Gasteiger partial charge < -0.3 is 15.7 Å². The van der Waals surface area contributed by atoms with Crippen LogP contribution in [-0.4, -0.2) is 29.1 Å². The molecule has 1 aliphatic rings. The van der Waals surface area contributed by atoms with Crippen molar-refractivity contribution in [3.8, 4) is 0 Å². The Bertz CT molecular complexity index is 532. The van der Waals surface area contributed by atoms with Crippen LogP contribution in [0, 0.1) is 0 Å². The molecular formula is C14H18N2O3.